The highest BCUT2D eigenvalue weighted by atomic mass is 79.9. The lowest BCUT2D eigenvalue weighted by atomic mass is 10.2. The fourth-order valence-corrected chi connectivity index (χ4v) is 2.38. The van der Waals surface area contributed by atoms with Gasteiger partial charge in [-0.25, -0.2) is 4.98 Å². The predicted molar refractivity (Wildman–Crippen MR) is 82.6 cm³/mol. The third-order valence-corrected chi connectivity index (χ3v) is 3.05. The smallest absolute Gasteiger partial charge is 0.276 e. The molecule has 0 aliphatic rings. The highest BCUT2D eigenvalue weighted by Crippen LogP contribution is 2.25. The monoisotopic (exact) mass is 336 g/mol. The van der Waals surface area contributed by atoms with E-state index in [9.17, 15) is 10.1 Å². The van der Waals surface area contributed by atoms with E-state index in [4.69, 9.17) is 0 Å². The molecule has 0 amide bonds. The molecule has 0 spiro atoms. The van der Waals surface area contributed by atoms with Crippen molar-refractivity contribution >= 4 is 38.9 Å². The molecule has 1 aromatic carbocycles. The number of halogens is 1. The van der Waals surface area contributed by atoms with Gasteiger partial charge >= 0.3 is 0 Å². The van der Waals surface area contributed by atoms with Crippen LogP contribution in [0.4, 0.5) is 23.0 Å². The molecule has 2 aromatic rings. The minimum absolute atomic E-state index is 0.0152. The second-order valence-electron chi connectivity index (χ2n) is 4.25. The lowest BCUT2D eigenvalue weighted by Crippen LogP contribution is -2.00. The number of aromatic nitrogens is 1. The second kappa shape index (κ2) is 5.87. The van der Waals surface area contributed by atoms with Gasteiger partial charge in [-0.1, -0.05) is 15.9 Å². The van der Waals surface area contributed by atoms with E-state index in [1.165, 1.54) is 12.1 Å². The molecule has 0 radical (unpaired) electrons. The average Bonchev–Trinajstić information content (AvgIpc) is 2.36. The van der Waals surface area contributed by atoms with Crippen molar-refractivity contribution in [2.45, 2.75) is 6.92 Å². The Morgan fingerprint density at radius 2 is 1.90 bits per heavy atom. The number of pyridine rings is 1. The first-order valence-corrected chi connectivity index (χ1v) is 6.65. The van der Waals surface area contributed by atoms with Crippen LogP contribution in [0.25, 0.3) is 0 Å². The Labute approximate surface area is 124 Å². The Morgan fingerprint density at radius 3 is 2.50 bits per heavy atom. The van der Waals surface area contributed by atoms with Crippen molar-refractivity contribution in [3.05, 3.63) is 50.5 Å². The molecule has 0 saturated carbocycles. The van der Waals surface area contributed by atoms with E-state index in [1.54, 1.807) is 7.05 Å². The molecular formula is C13H13BrN4O2. The molecule has 6 nitrogen and oxygen atoms in total. The Kier molecular flexibility index (Phi) is 4.19. The molecule has 104 valence electrons. The third kappa shape index (κ3) is 3.45. The molecule has 2 N–H and O–H groups in total. The summed E-state index contributed by atoms with van der Waals surface area (Å²) in [7, 11) is 1.67. The number of benzene rings is 1. The summed E-state index contributed by atoms with van der Waals surface area (Å²) < 4.78 is 0.930. The van der Waals surface area contributed by atoms with E-state index >= 15 is 0 Å². The summed E-state index contributed by atoms with van der Waals surface area (Å²) in [6.45, 7) is 1.97. The van der Waals surface area contributed by atoms with E-state index in [1.807, 2.05) is 25.1 Å². The normalized spacial score (nSPS) is 10.2. The van der Waals surface area contributed by atoms with Gasteiger partial charge < -0.3 is 10.6 Å². The van der Waals surface area contributed by atoms with Crippen LogP contribution in [-0.2, 0) is 0 Å². The van der Waals surface area contributed by atoms with Gasteiger partial charge in [-0.3, -0.25) is 10.1 Å². The Balaban J connectivity index is 2.37. The van der Waals surface area contributed by atoms with Gasteiger partial charge in [0, 0.05) is 17.2 Å². The summed E-state index contributed by atoms with van der Waals surface area (Å²) in [6.07, 6.45) is 0. The van der Waals surface area contributed by atoms with Crippen molar-refractivity contribution in [2.75, 3.05) is 17.7 Å². The first-order valence-electron chi connectivity index (χ1n) is 5.86. The van der Waals surface area contributed by atoms with E-state index in [0.717, 1.165) is 15.7 Å². The van der Waals surface area contributed by atoms with E-state index in [2.05, 4.69) is 31.5 Å². The summed E-state index contributed by atoms with van der Waals surface area (Å²) in [5, 5.41) is 16.8. The number of hydrogen-bond donors (Lipinski definition) is 2. The van der Waals surface area contributed by atoms with E-state index in [-0.39, 0.29) is 5.69 Å². The maximum absolute atomic E-state index is 10.9. The molecule has 0 unspecified atom stereocenters. The zero-order chi connectivity index (χ0) is 14.7. The largest absolute Gasteiger partial charge is 0.373 e. The molecular weight excluding hydrogens is 324 g/mol. The van der Waals surface area contributed by atoms with Gasteiger partial charge in [0.15, 0.2) is 0 Å². The maximum Gasteiger partial charge on any atom is 0.276 e. The summed E-state index contributed by atoms with van der Waals surface area (Å²) in [5.41, 5.74) is 1.87. The molecule has 0 saturated heterocycles. The summed E-state index contributed by atoms with van der Waals surface area (Å²) in [6, 6.07) is 8.58. The van der Waals surface area contributed by atoms with Crippen LogP contribution in [0.2, 0.25) is 0 Å². The molecule has 20 heavy (non-hydrogen) atoms. The number of aryl methyl sites for hydroxylation is 1. The first-order chi connectivity index (χ1) is 9.47. The van der Waals surface area contributed by atoms with Crippen molar-refractivity contribution in [3.63, 3.8) is 0 Å². The molecule has 7 heteroatoms. The van der Waals surface area contributed by atoms with Gasteiger partial charge in [0.1, 0.15) is 11.6 Å². The lowest BCUT2D eigenvalue weighted by Gasteiger charge is -2.09. The van der Waals surface area contributed by atoms with Crippen molar-refractivity contribution < 1.29 is 4.92 Å². The number of hydrogen-bond acceptors (Lipinski definition) is 5. The van der Waals surface area contributed by atoms with Crippen LogP contribution < -0.4 is 10.6 Å². The number of nitrogens with zero attached hydrogens (tertiary/aromatic N) is 2. The van der Waals surface area contributed by atoms with Gasteiger partial charge in [-0.2, -0.15) is 0 Å². The molecule has 0 bridgehead atoms. The molecule has 1 aromatic heterocycles. The average molecular weight is 337 g/mol. The molecule has 0 aliphatic carbocycles. The lowest BCUT2D eigenvalue weighted by molar-refractivity contribution is -0.384. The zero-order valence-electron chi connectivity index (χ0n) is 11.0. The number of nitrogens with one attached hydrogen (secondary N) is 2. The highest BCUT2D eigenvalue weighted by Gasteiger charge is 2.11. The topological polar surface area (TPSA) is 80.1 Å². The first kappa shape index (κ1) is 14.3. The van der Waals surface area contributed by atoms with Crippen LogP contribution in [0.3, 0.4) is 0 Å². The van der Waals surface area contributed by atoms with Gasteiger partial charge in [-0.15, -0.1) is 0 Å². The Hall–Kier alpha value is -2.15. The van der Waals surface area contributed by atoms with Crippen LogP contribution in [-0.4, -0.2) is 17.0 Å². The van der Waals surface area contributed by atoms with Crippen molar-refractivity contribution in [3.8, 4) is 0 Å². The number of rotatable bonds is 4. The molecule has 0 atom stereocenters. The van der Waals surface area contributed by atoms with Gasteiger partial charge in [0.25, 0.3) is 5.69 Å². The van der Waals surface area contributed by atoms with E-state index in [0.29, 0.717) is 11.6 Å². The van der Waals surface area contributed by atoms with Gasteiger partial charge in [0.2, 0.25) is 0 Å². The van der Waals surface area contributed by atoms with Crippen LogP contribution in [0, 0.1) is 17.0 Å². The second-order valence-corrected chi connectivity index (χ2v) is 5.16. The quantitative estimate of drug-likeness (QED) is 0.654. The Morgan fingerprint density at radius 1 is 1.20 bits per heavy atom. The number of anilines is 3. The van der Waals surface area contributed by atoms with Crippen LogP contribution >= 0.6 is 15.9 Å². The van der Waals surface area contributed by atoms with Crippen molar-refractivity contribution in [1.29, 1.82) is 0 Å². The highest BCUT2D eigenvalue weighted by molar-refractivity contribution is 9.10. The molecule has 0 fully saturated rings. The van der Waals surface area contributed by atoms with Gasteiger partial charge in [-0.05, 0) is 30.7 Å². The van der Waals surface area contributed by atoms with Crippen LogP contribution in [0.15, 0.2) is 34.8 Å². The Bertz CT molecular complexity index is 641. The summed E-state index contributed by atoms with van der Waals surface area (Å²) >= 11 is 3.41. The molecule has 0 aliphatic heterocycles. The summed E-state index contributed by atoms with van der Waals surface area (Å²) in [4.78, 5) is 14.7. The SMILES string of the molecule is CNc1cc([N+](=O)[O-])cc(Nc2cc(C)cc(Br)c2)n1. The van der Waals surface area contributed by atoms with Crippen LogP contribution in [0.5, 0.6) is 0 Å². The van der Waals surface area contributed by atoms with Crippen molar-refractivity contribution in [1.82, 2.24) is 4.98 Å². The predicted octanol–water partition coefficient (Wildman–Crippen LogP) is 3.85. The molecule has 1 heterocycles. The number of nitro groups is 1. The minimum atomic E-state index is -0.445. The maximum atomic E-state index is 10.9. The standard InChI is InChI=1S/C13H13BrN4O2/c1-8-3-9(14)5-10(4-8)16-13-7-11(18(19)20)6-12(15-2)17-13/h3-7H,1-2H3,(H2,15,16,17). The third-order valence-electron chi connectivity index (χ3n) is 2.59. The minimum Gasteiger partial charge on any atom is -0.373 e. The van der Waals surface area contributed by atoms with E-state index < -0.39 is 4.92 Å². The zero-order valence-corrected chi connectivity index (χ0v) is 12.6. The van der Waals surface area contributed by atoms with Crippen LogP contribution in [0.1, 0.15) is 5.56 Å². The molecule has 2 rings (SSSR count). The fourth-order valence-electron chi connectivity index (χ4n) is 1.77. The fraction of sp³-hybridized carbons (Fsp3) is 0.154. The van der Waals surface area contributed by atoms with Gasteiger partial charge in [0.05, 0.1) is 17.1 Å². The van der Waals surface area contributed by atoms with Crippen molar-refractivity contribution in [2.24, 2.45) is 0 Å². The summed E-state index contributed by atoms with van der Waals surface area (Å²) in [5.74, 6) is 0.856.